The number of hydrogen-bond donors (Lipinski definition) is 0. The number of rotatable bonds is 5. The van der Waals surface area contributed by atoms with Gasteiger partial charge in [-0.2, -0.15) is 0 Å². The Bertz CT molecular complexity index is 567. The van der Waals surface area contributed by atoms with E-state index in [4.69, 9.17) is 4.74 Å². The second-order valence-electron chi connectivity index (χ2n) is 4.99. The molecule has 2 nitrogen and oxygen atoms in total. The van der Waals surface area contributed by atoms with Crippen molar-refractivity contribution in [2.45, 2.75) is 26.2 Å². The van der Waals surface area contributed by atoms with E-state index in [-0.39, 0.29) is 5.78 Å². The van der Waals surface area contributed by atoms with Crippen molar-refractivity contribution in [1.29, 1.82) is 0 Å². The van der Waals surface area contributed by atoms with Crippen molar-refractivity contribution >= 4 is 5.78 Å². The van der Waals surface area contributed by atoms with Crippen LogP contribution in [0.1, 0.15) is 47.7 Å². The van der Waals surface area contributed by atoms with Crippen molar-refractivity contribution in [2.24, 2.45) is 0 Å². The van der Waals surface area contributed by atoms with Gasteiger partial charge in [0.15, 0.2) is 5.78 Å². The normalized spacial score (nSPS) is 11.9. The third-order valence-corrected chi connectivity index (χ3v) is 3.71. The summed E-state index contributed by atoms with van der Waals surface area (Å²) in [6.07, 6.45) is 1.10. The summed E-state index contributed by atoms with van der Waals surface area (Å²) in [4.78, 5) is 12.4. The Morgan fingerprint density at radius 1 is 1.00 bits per heavy atom. The van der Waals surface area contributed by atoms with Gasteiger partial charge in [-0.1, -0.05) is 38.1 Å². The summed E-state index contributed by atoms with van der Waals surface area (Å²) in [5, 5.41) is 0. The third kappa shape index (κ3) is 3.08. The van der Waals surface area contributed by atoms with Crippen molar-refractivity contribution in [3.63, 3.8) is 0 Å². The van der Waals surface area contributed by atoms with E-state index in [1.165, 1.54) is 5.56 Å². The molecule has 0 bridgehead atoms. The Morgan fingerprint density at radius 2 is 1.50 bits per heavy atom. The fraction of sp³-hybridized carbons (Fsp3) is 0.278. The van der Waals surface area contributed by atoms with Gasteiger partial charge in [0.05, 0.1) is 7.11 Å². The standard InChI is InChI=1S/C18H20O2/c1-4-13(2)14-5-7-15(8-6-14)18(19)16-9-11-17(20-3)12-10-16/h5-13H,4H2,1-3H3. The van der Waals surface area contributed by atoms with Crippen LogP contribution in [0.2, 0.25) is 0 Å². The van der Waals surface area contributed by atoms with Crippen LogP contribution < -0.4 is 4.74 Å². The number of ether oxygens (including phenoxy) is 1. The summed E-state index contributed by atoms with van der Waals surface area (Å²) in [5.74, 6) is 1.33. The van der Waals surface area contributed by atoms with Gasteiger partial charge in [-0.05, 0) is 42.2 Å². The molecule has 2 rings (SSSR count). The third-order valence-electron chi connectivity index (χ3n) is 3.71. The molecule has 0 aliphatic rings. The molecule has 1 atom stereocenters. The first-order valence-corrected chi connectivity index (χ1v) is 6.94. The SMILES string of the molecule is CCC(C)c1ccc(C(=O)c2ccc(OC)cc2)cc1. The Hall–Kier alpha value is -2.09. The summed E-state index contributed by atoms with van der Waals surface area (Å²) in [6.45, 7) is 4.36. The number of carbonyl (C=O) groups is 1. The molecule has 0 fully saturated rings. The van der Waals surface area contributed by atoms with Crippen LogP contribution in [0.4, 0.5) is 0 Å². The van der Waals surface area contributed by atoms with Crippen LogP contribution in [0.15, 0.2) is 48.5 Å². The van der Waals surface area contributed by atoms with Crippen LogP contribution in [0.5, 0.6) is 5.75 Å². The van der Waals surface area contributed by atoms with Gasteiger partial charge in [-0.3, -0.25) is 4.79 Å². The Kier molecular flexibility index (Phi) is 4.57. The average Bonchev–Trinajstić information content (AvgIpc) is 2.53. The lowest BCUT2D eigenvalue weighted by Gasteiger charge is -2.09. The van der Waals surface area contributed by atoms with Gasteiger partial charge >= 0.3 is 0 Å². The lowest BCUT2D eigenvalue weighted by molar-refractivity contribution is 0.103. The number of methoxy groups -OCH3 is 1. The molecule has 2 aromatic rings. The van der Waals surface area contributed by atoms with Gasteiger partial charge in [0.1, 0.15) is 5.75 Å². The predicted molar refractivity (Wildman–Crippen MR) is 81.6 cm³/mol. The first-order chi connectivity index (χ1) is 9.65. The van der Waals surface area contributed by atoms with Gasteiger partial charge in [-0.25, -0.2) is 0 Å². The number of hydrogen-bond acceptors (Lipinski definition) is 2. The Labute approximate surface area is 120 Å². The Balaban J connectivity index is 2.19. The maximum absolute atomic E-state index is 12.4. The van der Waals surface area contributed by atoms with E-state index in [0.717, 1.165) is 17.7 Å². The molecule has 0 radical (unpaired) electrons. The molecule has 0 saturated heterocycles. The van der Waals surface area contributed by atoms with Crippen molar-refractivity contribution < 1.29 is 9.53 Å². The number of carbonyl (C=O) groups excluding carboxylic acids is 1. The molecule has 0 heterocycles. The van der Waals surface area contributed by atoms with Crippen LogP contribution >= 0.6 is 0 Å². The van der Waals surface area contributed by atoms with Crippen LogP contribution in [-0.2, 0) is 0 Å². The monoisotopic (exact) mass is 268 g/mol. The molecule has 2 aromatic carbocycles. The summed E-state index contributed by atoms with van der Waals surface area (Å²) in [5.41, 5.74) is 2.68. The van der Waals surface area contributed by atoms with E-state index in [1.807, 2.05) is 24.3 Å². The lowest BCUT2D eigenvalue weighted by Crippen LogP contribution is -2.02. The van der Waals surface area contributed by atoms with Gasteiger partial charge < -0.3 is 4.74 Å². The molecular weight excluding hydrogens is 248 g/mol. The van der Waals surface area contributed by atoms with E-state index < -0.39 is 0 Å². The maximum Gasteiger partial charge on any atom is 0.193 e. The van der Waals surface area contributed by atoms with Gasteiger partial charge in [-0.15, -0.1) is 0 Å². The van der Waals surface area contributed by atoms with E-state index >= 15 is 0 Å². The first-order valence-electron chi connectivity index (χ1n) is 6.94. The smallest absolute Gasteiger partial charge is 0.193 e. The number of benzene rings is 2. The lowest BCUT2D eigenvalue weighted by atomic mass is 9.95. The van der Waals surface area contributed by atoms with Crippen molar-refractivity contribution in [3.05, 3.63) is 65.2 Å². The van der Waals surface area contributed by atoms with Crippen molar-refractivity contribution in [3.8, 4) is 5.75 Å². The minimum atomic E-state index is 0.0448. The molecule has 0 aliphatic carbocycles. The molecule has 2 heteroatoms. The minimum Gasteiger partial charge on any atom is -0.497 e. The summed E-state index contributed by atoms with van der Waals surface area (Å²) < 4.78 is 5.10. The van der Waals surface area contributed by atoms with Gasteiger partial charge in [0, 0.05) is 11.1 Å². The zero-order chi connectivity index (χ0) is 14.5. The summed E-state index contributed by atoms with van der Waals surface area (Å²) in [6, 6.07) is 15.1. The zero-order valence-electron chi connectivity index (χ0n) is 12.2. The highest BCUT2D eigenvalue weighted by molar-refractivity contribution is 6.09. The molecule has 0 aliphatic heterocycles. The predicted octanol–water partition coefficient (Wildman–Crippen LogP) is 4.44. The molecule has 104 valence electrons. The van der Waals surface area contributed by atoms with E-state index in [9.17, 15) is 4.79 Å². The molecule has 0 saturated carbocycles. The van der Waals surface area contributed by atoms with Crippen LogP contribution in [0, 0.1) is 0 Å². The molecule has 0 spiro atoms. The van der Waals surface area contributed by atoms with Gasteiger partial charge in [0.2, 0.25) is 0 Å². The van der Waals surface area contributed by atoms with E-state index in [1.54, 1.807) is 31.4 Å². The molecule has 0 amide bonds. The number of ketones is 1. The average molecular weight is 268 g/mol. The summed E-state index contributed by atoms with van der Waals surface area (Å²) >= 11 is 0. The quantitative estimate of drug-likeness (QED) is 0.749. The zero-order valence-corrected chi connectivity index (χ0v) is 12.2. The van der Waals surface area contributed by atoms with Crippen LogP contribution in [-0.4, -0.2) is 12.9 Å². The van der Waals surface area contributed by atoms with Gasteiger partial charge in [0.25, 0.3) is 0 Å². The Morgan fingerprint density at radius 3 is 1.95 bits per heavy atom. The van der Waals surface area contributed by atoms with Crippen LogP contribution in [0.3, 0.4) is 0 Å². The highest BCUT2D eigenvalue weighted by Gasteiger charge is 2.10. The largest absolute Gasteiger partial charge is 0.497 e. The highest BCUT2D eigenvalue weighted by Crippen LogP contribution is 2.20. The highest BCUT2D eigenvalue weighted by atomic mass is 16.5. The topological polar surface area (TPSA) is 26.3 Å². The second-order valence-corrected chi connectivity index (χ2v) is 4.99. The molecule has 1 unspecified atom stereocenters. The minimum absolute atomic E-state index is 0.0448. The van der Waals surface area contributed by atoms with Crippen molar-refractivity contribution in [1.82, 2.24) is 0 Å². The maximum atomic E-state index is 12.4. The van der Waals surface area contributed by atoms with E-state index in [2.05, 4.69) is 13.8 Å². The molecular formula is C18H20O2. The van der Waals surface area contributed by atoms with Crippen LogP contribution in [0.25, 0.3) is 0 Å². The molecule has 0 aromatic heterocycles. The summed E-state index contributed by atoms with van der Waals surface area (Å²) in [7, 11) is 1.62. The second kappa shape index (κ2) is 6.38. The molecule has 20 heavy (non-hydrogen) atoms. The fourth-order valence-corrected chi connectivity index (χ4v) is 2.11. The van der Waals surface area contributed by atoms with E-state index in [0.29, 0.717) is 11.5 Å². The van der Waals surface area contributed by atoms with Crippen molar-refractivity contribution in [2.75, 3.05) is 7.11 Å². The fourth-order valence-electron chi connectivity index (χ4n) is 2.11. The molecule has 0 N–H and O–H groups in total. The first kappa shape index (κ1) is 14.3.